The Morgan fingerprint density at radius 3 is 2.33 bits per heavy atom. The van der Waals surface area contributed by atoms with E-state index in [-0.39, 0.29) is 21.3 Å². The first-order valence-electron chi connectivity index (χ1n) is 8.52. The SMILES string of the molecule is CC(Br)c1oc(=O)c2ccccc2c1C1=CC(C)(C)CC(C)(C)C1. The van der Waals surface area contributed by atoms with Gasteiger partial charge in [0.2, 0.25) is 0 Å². The van der Waals surface area contributed by atoms with Gasteiger partial charge in [0, 0.05) is 5.56 Å². The molecule has 0 amide bonds. The second kappa shape index (κ2) is 5.87. The molecule has 0 bridgehead atoms. The van der Waals surface area contributed by atoms with E-state index < -0.39 is 0 Å². The summed E-state index contributed by atoms with van der Waals surface area (Å²) in [6.07, 6.45) is 4.51. The predicted molar refractivity (Wildman–Crippen MR) is 105 cm³/mol. The molecule has 0 radical (unpaired) electrons. The van der Waals surface area contributed by atoms with Gasteiger partial charge in [-0.3, -0.25) is 0 Å². The first-order valence-corrected chi connectivity index (χ1v) is 9.43. The molecule has 1 aliphatic carbocycles. The minimum atomic E-state index is -0.259. The summed E-state index contributed by atoms with van der Waals surface area (Å²) in [6.45, 7) is 11.2. The zero-order valence-electron chi connectivity index (χ0n) is 15.1. The molecule has 128 valence electrons. The molecular weight excluding hydrogens is 364 g/mol. The Morgan fingerprint density at radius 1 is 1.12 bits per heavy atom. The molecule has 0 saturated heterocycles. The Morgan fingerprint density at radius 2 is 1.75 bits per heavy atom. The van der Waals surface area contributed by atoms with Gasteiger partial charge < -0.3 is 4.42 Å². The highest BCUT2D eigenvalue weighted by atomic mass is 79.9. The number of hydrogen-bond acceptors (Lipinski definition) is 2. The molecule has 1 aromatic heterocycles. The minimum absolute atomic E-state index is 0.0149. The highest BCUT2D eigenvalue weighted by molar-refractivity contribution is 9.09. The van der Waals surface area contributed by atoms with E-state index in [9.17, 15) is 4.79 Å². The molecule has 1 aromatic carbocycles. The molecule has 1 aliphatic rings. The Hall–Kier alpha value is -1.35. The molecule has 0 saturated carbocycles. The van der Waals surface area contributed by atoms with Crippen LogP contribution in [0.1, 0.15) is 63.6 Å². The van der Waals surface area contributed by atoms with Crippen molar-refractivity contribution < 1.29 is 4.42 Å². The van der Waals surface area contributed by atoms with Gasteiger partial charge in [-0.1, -0.05) is 67.9 Å². The van der Waals surface area contributed by atoms with Crippen molar-refractivity contribution in [3.63, 3.8) is 0 Å². The zero-order valence-corrected chi connectivity index (χ0v) is 16.7. The van der Waals surface area contributed by atoms with E-state index in [4.69, 9.17) is 4.42 Å². The molecule has 2 nitrogen and oxygen atoms in total. The van der Waals surface area contributed by atoms with Gasteiger partial charge in [-0.05, 0) is 47.6 Å². The van der Waals surface area contributed by atoms with Crippen molar-refractivity contribution >= 4 is 32.3 Å². The fraction of sp³-hybridized carbons (Fsp3) is 0.476. The minimum Gasteiger partial charge on any atom is -0.426 e. The lowest BCUT2D eigenvalue weighted by Crippen LogP contribution is -2.27. The smallest absolute Gasteiger partial charge is 0.343 e. The average Bonchev–Trinajstić information content (AvgIpc) is 2.43. The van der Waals surface area contributed by atoms with Crippen LogP contribution in [0, 0.1) is 10.8 Å². The van der Waals surface area contributed by atoms with Crippen LogP contribution < -0.4 is 5.63 Å². The number of benzene rings is 1. The highest BCUT2D eigenvalue weighted by Gasteiger charge is 2.35. The predicted octanol–water partition coefficient (Wildman–Crippen LogP) is 6.48. The van der Waals surface area contributed by atoms with Gasteiger partial charge in [0.05, 0.1) is 10.2 Å². The second-order valence-corrected chi connectivity index (χ2v) is 9.84. The number of rotatable bonds is 2. The van der Waals surface area contributed by atoms with Crippen LogP contribution in [0.2, 0.25) is 0 Å². The van der Waals surface area contributed by atoms with Gasteiger partial charge in [-0.15, -0.1) is 0 Å². The molecular formula is C21H25BrO2. The van der Waals surface area contributed by atoms with Crippen LogP contribution in [0.15, 0.2) is 39.6 Å². The van der Waals surface area contributed by atoms with Crippen molar-refractivity contribution in [1.82, 2.24) is 0 Å². The van der Waals surface area contributed by atoms with Crippen molar-refractivity contribution in [1.29, 1.82) is 0 Å². The monoisotopic (exact) mass is 388 g/mol. The van der Waals surface area contributed by atoms with Crippen LogP contribution in [-0.2, 0) is 0 Å². The summed E-state index contributed by atoms with van der Waals surface area (Å²) in [6, 6.07) is 7.78. The summed E-state index contributed by atoms with van der Waals surface area (Å²) in [5.74, 6) is 0.735. The maximum absolute atomic E-state index is 12.4. The number of alkyl halides is 1. The van der Waals surface area contributed by atoms with Gasteiger partial charge >= 0.3 is 5.63 Å². The summed E-state index contributed by atoms with van der Waals surface area (Å²) in [5.41, 5.74) is 2.47. The summed E-state index contributed by atoms with van der Waals surface area (Å²) in [5, 5.41) is 1.65. The van der Waals surface area contributed by atoms with Crippen molar-refractivity contribution in [2.24, 2.45) is 10.8 Å². The highest BCUT2D eigenvalue weighted by Crippen LogP contribution is 2.49. The lowest BCUT2D eigenvalue weighted by Gasteiger charge is -2.40. The van der Waals surface area contributed by atoms with Crippen molar-refractivity contribution in [3.8, 4) is 0 Å². The Bertz CT molecular complexity index is 869. The maximum atomic E-state index is 12.4. The van der Waals surface area contributed by atoms with Crippen LogP contribution in [0.4, 0.5) is 0 Å². The topological polar surface area (TPSA) is 30.2 Å². The molecule has 0 aliphatic heterocycles. The van der Waals surface area contributed by atoms with Gasteiger partial charge in [-0.25, -0.2) is 4.79 Å². The third-order valence-corrected chi connectivity index (χ3v) is 5.13. The Labute approximate surface area is 152 Å². The fourth-order valence-electron chi connectivity index (χ4n) is 4.37. The third kappa shape index (κ3) is 3.23. The molecule has 1 heterocycles. The van der Waals surface area contributed by atoms with E-state index in [0.29, 0.717) is 5.39 Å². The number of fused-ring (bicyclic) bond motifs is 1. The molecule has 3 rings (SSSR count). The van der Waals surface area contributed by atoms with Gasteiger partial charge in [0.1, 0.15) is 5.76 Å². The lowest BCUT2D eigenvalue weighted by atomic mass is 9.65. The second-order valence-electron chi connectivity index (χ2n) is 8.47. The summed E-state index contributed by atoms with van der Waals surface area (Å²) in [4.78, 5) is 12.4. The van der Waals surface area contributed by atoms with Crippen LogP contribution in [0.5, 0.6) is 0 Å². The van der Waals surface area contributed by atoms with Crippen molar-refractivity contribution in [3.05, 3.63) is 52.1 Å². The van der Waals surface area contributed by atoms with Crippen LogP contribution in [-0.4, -0.2) is 0 Å². The quantitative estimate of drug-likeness (QED) is 0.551. The molecule has 0 N–H and O–H groups in total. The molecule has 3 heteroatoms. The van der Waals surface area contributed by atoms with E-state index >= 15 is 0 Å². The molecule has 24 heavy (non-hydrogen) atoms. The average molecular weight is 389 g/mol. The van der Waals surface area contributed by atoms with Crippen molar-refractivity contribution in [2.75, 3.05) is 0 Å². The third-order valence-electron chi connectivity index (χ3n) is 4.72. The van der Waals surface area contributed by atoms with Gasteiger partial charge in [0.15, 0.2) is 0 Å². The van der Waals surface area contributed by atoms with E-state index in [0.717, 1.165) is 29.6 Å². The summed E-state index contributed by atoms with van der Waals surface area (Å²) < 4.78 is 5.73. The molecule has 2 aromatic rings. The molecule has 0 spiro atoms. The number of hydrogen-bond donors (Lipinski definition) is 0. The molecule has 1 unspecified atom stereocenters. The lowest BCUT2D eigenvalue weighted by molar-refractivity contribution is 0.228. The van der Waals surface area contributed by atoms with Gasteiger partial charge in [-0.2, -0.15) is 0 Å². The first kappa shape index (κ1) is 17.5. The van der Waals surface area contributed by atoms with Crippen molar-refractivity contribution in [2.45, 2.75) is 52.3 Å². The Balaban J connectivity index is 2.37. The standard InChI is InChI=1S/C21H25BrO2/c1-13(22)18-17(14-10-20(2,3)12-21(4,5)11-14)15-8-6-7-9-16(15)19(23)24-18/h6-10,13H,11-12H2,1-5H3. The van der Waals surface area contributed by atoms with Crippen LogP contribution in [0.25, 0.3) is 16.3 Å². The fourth-order valence-corrected chi connectivity index (χ4v) is 4.70. The van der Waals surface area contributed by atoms with E-state index in [2.05, 4.69) is 49.7 Å². The normalized spacial score (nSPS) is 20.7. The van der Waals surface area contributed by atoms with E-state index in [1.807, 2.05) is 31.2 Å². The number of halogens is 1. The van der Waals surface area contributed by atoms with E-state index in [1.165, 1.54) is 5.57 Å². The first-order chi connectivity index (χ1) is 11.1. The molecule has 1 atom stereocenters. The number of allylic oxidation sites excluding steroid dienone is 2. The maximum Gasteiger partial charge on any atom is 0.343 e. The summed E-state index contributed by atoms with van der Waals surface area (Å²) >= 11 is 3.62. The zero-order chi connectivity index (χ0) is 17.7. The summed E-state index contributed by atoms with van der Waals surface area (Å²) in [7, 11) is 0. The van der Waals surface area contributed by atoms with Crippen LogP contribution >= 0.6 is 15.9 Å². The van der Waals surface area contributed by atoms with Crippen LogP contribution in [0.3, 0.4) is 0 Å². The van der Waals surface area contributed by atoms with E-state index in [1.54, 1.807) is 0 Å². The largest absolute Gasteiger partial charge is 0.426 e. The Kier molecular flexibility index (Phi) is 4.28. The van der Waals surface area contributed by atoms with Gasteiger partial charge in [0.25, 0.3) is 0 Å². The molecule has 0 fully saturated rings.